The predicted molar refractivity (Wildman–Crippen MR) is 105 cm³/mol. The van der Waals surface area contributed by atoms with Crippen LogP contribution in [0.4, 0.5) is 16.2 Å². The van der Waals surface area contributed by atoms with Crippen molar-refractivity contribution >= 4 is 23.3 Å². The molecule has 0 atom stereocenters. The minimum Gasteiger partial charge on any atom is -0.325 e. The third-order valence-electron chi connectivity index (χ3n) is 4.60. The molecule has 0 aliphatic carbocycles. The van der Waals surface area contributed by atoms with Gasteiger partial charge in [0, 0.05) is 24.5 Å². The van der Waals surface area contributed by atoms with E-state index in [4.69, 9.17) is 5.26 Å². The van der Waals surface area contributed by atoms with Crippen molar-refractivity contribution in [2.75, 3.05) is 29.9 Å². The van der Waals surface area contributed by atoms with Gasteiger partial charge < -0.3 is 10.2 Å². The Labute approximate surface area is 159 Å². The van der Waals surface area contributed by atoms with E-state index in [2.05, 4.69) is 19.2 Å². The number of carbonyl (C=O) groups excluding carboxylic acids is 2. The van der Waals surface area contributed by atoms with E-state index in [0.717, 1.165) is 5.69 Å². The van der Waals surface area contributed by atoms with E-state index in [1.165, 1.54) is 10.5 Å². The highest BCUT2D eigenvalue weighted by Gasteiger charge is 2.30. The number of urea groups is 1. The second kappa shape index (κ2) is 7.92. The largest absolute Gasteiger partial charge is 0.325 e. The van der Waals surface area contributed by atoms with Crippen LogP contribution >= 0.6 is 0 Å². The van der Waals surface area contributed by atoms with Crippen molar-refractivity contribution < 1.29 is 9.59 Å². The van der Waals surface area contributed by atoms with Crippen molar-refractivity contribution in [3.63, 3.8) is 0 Å². The van der Waals surface area contributed by atoms with Crippen LogP contribution in [-0.2, 0) is 4.79 Å². The number of nitrogens with one attached hydrogen (secondary N) is 1. The molecule has 6 nitrogen and oxygen atoms in total. The first kappa shape index (κ1) is 18.5. The molecule has 27 heavy (non-hydrogen) atoms. The van der Waals surface area contributed by atoms with Gasteiger partial charge in [0.05, 0.1) is 11.6 Å². The molecule has 138 valence electrons. The second-order valence-corrected chi connectivity index (χ2v) is 6.84. The SMILES string of the molecule is CC(C)c1ccc(N2CCN(CC(=O)Nc3ccc(C#N)cc3)C2=O)cc1. The summed E-state index contributed by atoms with van der Waals surface area (Å²) in [4.78, 5) is 28.1. The number of anilines is 2. The molecule has 3 rings (SSSR count). The molecule has 1 aliphatic rings. The van der Waals surface area contributed by atoms with Gasteiger partial charge in [-0.1, -0.05) is 26.0 Å². The number of rotatable bonds is 5. The molecule has 1 saturated heterocycles. The van der Waals surface area contributed by atoms with E-state index in [0.29, 0.717) is 30.3 Å². The molecule has 1 aliphatic heterocycles. The zero-order valence-electron chi connectivity index (χ0n) is 15.5. The molecule has 0 aromatic heterocycles. The van der Waals surface area contributed by atoms with Crippen LogP contribution in [0, 0.1) is 11.3 Å². The van der Waals surface area contributed by atoms with E-state index in [1.54, 1.807) is 29.2 Å². The number of carbonyl (C=O) groups is 2. The van der Waals surface area contributed by atoms with Crippen molar-refractivity contribution in [2.45, 2.75) is 19.8 Å². The normalized spacial score (nSPS) is 13.8. The summed E-state index contributed by atoms with van der Waals surface area (Å²) >= 11 is 0. The highest BCUT2D eigenvalue weighted by atomic mass is 16.2. The minimum absolute atomic E-state index is 0.000583. The zero-order chi connectivity index (χ0) is 19.4. The number of hydrogen-bond acceptors (Lipinski definition) is 3. The summed E-state index contributed by atoms with van der Waals surface area (Å²) in [5.74, 6) is 0.181. The summed E-state index contributed by atoms with van der Waals surface area (Å²) in [6, 6.07) is 16.5. The molecule has 0 unspecified atom stereocenters. The topological polar surface area (TPSA) is 76.4 Å². The maximum Gasteiger partial charge on any atom is 0.325 e. The lowest BCUT2D eigenvalue weighted by molar-refractivity contribution is -0.116. The van der Waals surface area contributed by atoms with Gasteiger partial charge in [0.2, 0.25) is 5.91 Å². The fourth-order valence-corrected chi connectivity index (χ4v) is 3.01. The molecule has 2 aromatic carbocycles. The Bertz CT molecular complexity index is 867. The molecular weight excluding hydrogens is 340 g/mol. The third-order valence-corrected chi connectivity index (χ3v) is 4.60. The minimum atomic E-state index is -0.259. The second-order valence-electron chi connectivity index (χ2n) is 6.84. The van der Waals surface area contributed by atoms with Crippen molar-refractivity contribution in [3.8, 4) is 6.07 Å². The standard InChI is InChI=1S/C21H22N4O2/c1-15(2)17-5-9-19(10-6-17)25-12-11-24(21(25)27)14-20(26)23-18-7-3-16(13-22)4-8-18/h3-10,15H,11-12,14H2,1-2H3,(H,23,26). The lowest BCUT2D eigenvalue weighted by Crippen LogP contribution is -2.37. The predicted octanol–water partition coefficient (Wildman–Crippen LogP) is 3.56. The van der Waals surface area contributed by atoms with E-state index in [9.17, 15) is 9.59 Å². The maximum atomic E-state index is 12.6. The van der Waals surface area contributed by atoms with E-state index in [-0.39, 0.29) is 18.5 Å². The summed E-state index contributed by atoms with van der Waals surface area (Å²) in [5, 5.41) is 11.6. The van der Waals surface area contributed by atoms with Crippen LogP contribution in [0.15, 0.2) is 48.5 Å². The Kier molecular flexibility index (Phi) is 5.41. The van der Waals surface area contributed by atoms with Gasteiger partial charge in [-0.3, -0.25) is 9.69 Å². The molecular formula is C21H22N4O2. The molecule has 0 saturated carbocycles. The number of nitriles is 1. The van der Waals surface area contributed by atoms with Crippen molar-refractivity contribution in [3.05, 3.63) is 59.7 Å². The van der Waals surface area contributed by atoms with Gasteiger partial charge in [0.15, 0.2) is 0 Å². The Morgan fingerprint density at radius 2 is 1.78 bits per heavy atom. The van der Waals surface area contributed by atoms with Gasteiger partial charge in [0.1, 0.15) is 6.54 Å². The smallest absolute Gasteiger partial charge is 0.325 e. The maximum absolute atomic E-state index is 12.6. The van der Waals surface area contributed by atoms with Crippen LogP contribution in [0.5, 0.6) is 0 Å². The van der Waals surface area contributed by atoms with Crippen LogP contribution in [0.25, 0.3) is 0 Å². The zero-order valence-corrected chi connectivity index (χ0v) is 15.5. The van der Waals surface area contributed by atoms with Gasteiger partial charge in [0.25, 0.3) is 0 Å². The fourth-order valence-electron chi connectivity index (χ4n) is 3.01. The first-order valence-corrected chi connectivity index (χ1v) is 8.94. The van der Waals surface area contributed by atoms with Gasteiger partial charge >= 0.3 is 6.03 Å². The van der Waals surface area contributed by atoms with Gasteiger partial charge in [-0.05, 0) is 47.9 Å². The van der Waals surface area contributed by atoms with E-state index in [1.807, 2.05) is 30.3 Å². The Morgan fingerprint density at radius 1 is 1.11 bits per heavy atom. The summed E-state index contributed by atoms with van der Waals surface area (Å²) in [7, 11) is 0. The average molecular weight is 362 g/mol. The molecule has 1 fully saturated rings. The molecule has 6 heteroatoms. The average Bonchev–Trinajstić information content (AvgIpc) is 3.02. The molecule has 1 N–H and O–H groups in total. The van der Waals surface area contributed by atoms with Crippen LogP contribution in [-0.4, -0.2) is 36.5 Å². The van der Waals surface area contributed by atoms with Crippen molar-refractivity contribution in [2.24, 2.45) is 0 Å². The Morgan fingerprint density at radius 3 is 2.37 bits per heavy atom. The lowest BCUT2D eigenvalue weighted by atomic mass is 10.0. The summed E-state index contributed by atoms with van der Waals surface area (Å²) in [6.07, 6.45) is 0. The van der Waals surface area contributed by atoms with Gasteiger partial charge in [-0.25, -0.2) is 4.79 Å². The summed E-state index contributed by atoms with van der Waals surface area (Å²) in [6.45, 7) is 5.32. The van der Waals surface area contributed by atoms with E-state index < -0.39 is 0 Å². The number of benzene rings is 2. The lowest BCUT2D eigenvalue weighted by Gasteiger charge is -2.19. The molecule has 3 amide bonds. The van der Waals surface area contributed by atoms with E-state index >= 15 is 0 Å². The van der Waals surface area contributed by atoms with Crippen LogP contribution in [0.1, 0.15) is 30.9 Å². The molecule has 2 aromatic rings. The van der Waals surface area contributed by atoms with Crippen molar-refractivity contribution in [1.82, 2.24) is 4.90 Å². The van der Waals surface area contributed by atoms with Gasteiger partial charge in [-0.2, -0.15) is 5.26 Å². The quantitative estimate of drug-likeness (QED) is 0.883. The first-order valence-electron chi connectivity index (χ1n) is 8.94. The summed E-state index contributed by atoms with van der Waals surface area (Å²) in [5.41, 5.74) is 3.21. The van der Waals surface area contributed by atoms with Crippen LogP contribution < -0.4 is 10.2 Å². The summed E-state index contributed by atoms with van der Waals surface area (Å²) < 4.78 is 0. The molecule has 0 bridgehead atoms. The van der Waals surface area contributed by atoms with Crippen LogP contribution in [0.3, 0.4) is 0 Å². The highest BCUT2D eigenvalue weighted by Crippen LogP contribution is 2.23. The monoisotopic (exact) mass is 362 g/mol. The Hall–Kier alpha value is -3.33. The molecule has 0 spiro atoms. The number of nitrogens with zero attached hydrogens (tertiary/aromatic N) is 3. The van der Waals surface area contributed by atoms with Gasteiger partial charge in [-0.15, -0.1) is 0 Å². The molecule has 1 heterocycles. The number of hydrogen-bond donors (Lipinski definition) is 1. The molecule has 0 radical (unpaired) electrons. The van der Waals surface area contributed by atoms with Crippen LogP contribution in [0.2, 0.25) is 0 Å². The van der Waals surface area contributed by atoms with Crippen molar-refractivity contribution in [1.29, 1.82) is 5.26 Å². The fraction of sp³-hybridized carbons (Fsp3) is 0.286. The first-order chi connectivity index (χ1) is 13.0. The Balaban J connectivity index is 1.59. The number of amides is 3. The third kappa shape index (κ3) is 4.26. The highest BCUT2D eigenvalue weighted by molar-refractivity contribution is 5.99.